The van der Waals surface area contributed by atoms with Gasteiger partial charge in [0.25, 0.3) is 5.91 Å². The van der Waals surface area contributed by atoms with Gasteiger partial charge in [-0.05, 0) is 42.7 Å². The lowest BCUT2D eigenvalue weighted by atomic mass is 9.87. The summed E-state index contributed by atoms with van der Waals surface area (Å²) in [6.07, 6.45) is 1.76. The molecule has 57 heavy (non-hydrogen) atoms. The number of rotatable bonds is 12. The smallest absolute Gasteiger partial charge is 0.407 e. The lowest BCUT2D eigenvalue weighted by Gasteiger charge is -2.48. The van der Waals surface area contributed by atoms with Crippen molar-refractivity contribution in [3.8, 4) is 28.2 Å². The Morgan fingerprint density at radius 1 is 0.982 bits per heavy atom. The molecule has 11 N–H and O–H groups in total. The summed E-state index contributed by atoms with van der Waals surface area (Å²) in [5.74, 6) is -7.30. The molecule has 4 heterocycles. The number of carbonyl (C=O) groups excluding carboxylic acids is 2. The van der Waals surface area contributed by atoms with E-state index in [1.54, 1.807) is 0 Å². The van der Waals surface area contributed by atoms with E-state index >= 15 is 0 Å². The first-order valence-corrected chi connectivity index (χ1v) is 17.9. The Morgan fingerprint density at radius 3 is 2.46 bits per heavy atom. The summed E-state index contributed by atoms with van der Waals surface area (Å²) in [6.45, 7) is 0.497. The van der Waals surface area contributed by atoms with Crippen LogP contribution in [-0.2, 0) is 4.74 Å². The summed E-state index contributed by atoms with van der Waals surface area (Å²) in [6, 6.07) is 5.68. The van der Waals surface area contributed by atoms with Gasteiger partial charge in [-0.2, -0.15) is 0 Å². The number of benzene rings is 3. The molecule has 3 unspecified atom stereocenters. The number of aliphatic imine (C=N–C) groups is 2. The second-order valence-corrected chi connectivity index (χ2v) is 13.9. The highest BCUT2D eigenvalue weighted by Gasteiger charge is 2.69. The van der Waals surface area contributed by atoms with Gasteiger partial charge in [0.1, 0.15) is 30.0 Å². The molecule has 5 aliphatic rings. The van der Waals surface area contributed by atoms with Crippen LogP contribution in [0.1, 0.15) is 52.8 Å². The number of fused-ring (bicyclic) bond motifs is 2. The Hall–Kier alpha value is -6.54. The van der Waals surface area contributed by atoms with Crippen molar-refractivity contribution in [2.45, 2.75) is 55.6 Å². The number of unbranched alkanes of at least 4 members (excludes halogenated alkanes) is 3. The number of phenols is 1. The van der Waals surface area contributed by atoms with Gasteiger partial charge in [0.15, 0.2) is 35.0 Å². The second-order valence-electron chi connectivity index (χ2n) is 13.9. The van der Waals surface area contributed by atoms with E-state index in [1.807, 2.05) is 0 Å². The highest BCUT2D eigenvalue weighted by atomic mass is 19.1. The Morgan fingerprint density at radius 2 is 1.72 bits per heavy atom. The van der Waals surface area contributed by atoms with Gasteiger partial charge in [-0.25, -0.2) is 28.4 Å². The third kappa shape index (κ3) is 6.97. The quantitative estimate of drug-likeness (QED) is 0.0556. The molecule has 3 atom stereocenters. The number of nitrogens with zero attached hydrogens (tertiary/aromatic N) is 3. The van der Waals surface area contributed by atoms with Crippen LogP contribution in [0.3, 0.4) is 0 Å². The predicted octanol–water partition coefficient (Wildman–Crippen LogP) is 1.33. The van der Waals surface area contributed by atoms with Crippen LogP contribution in [0.2, 0.25) is 0 Å². The summed E-state index contributed by atoms with van der Waals surface area (Å²) < 4.78 is 40.0. The standard InChI is InChI=1S/C37H38F2N8O10/c38-22-12-20-27(14-25(22)48)57-28-15-26(49)23(39)13-21(28)29(20)18-6-5-17(11-19(18)32(51)52)31(50)42-8-3-1-2-4-9-43-35(53)56-16-24-30-37(46-33(40)45-30)36(54,55)7-10-47(37)34(41)44-24/h5-6,11-15,24,30,48,54-55H,1-4,7-10,16H2,(H2,41,44)(H,42,50)(H,43,53)(H,51,52)(H3,40,45,46). The molecule has 20 heteroatoms. The minimum absolute atomic E-state index is 0.00796. The molecule has 1 spiro atoms. The predicted molar refractivity (Wildman–Crippen MR) is 198 cm³/mol. The number of aliphatic hydroxyl groups is 2. The first kappa shape index (κ1) is 38.7. The molecule has 1 saturated heterocycles. The van der Waals surface area contributed by atoms with Crippen molar-refractivity contribution >= 4 is 40.9 Å². The van der Waals surface area contributed by atoms with Crippen molar-refractivity contribution in [2.75, 3.05) is 26.2 Å². The SMILES string of the molecule is NC1=NC2C(COC(=O)NCCCCCCNC(=O)c3ccc(-c4c5cc(F)c(=O)cc-5oc5cc(O)c(F)cc45)c(C(=O)O)c3)N=C(N)N3CCC(O)(O)C23N1. The van der Waals surface area contributed by atoms with E-state index in [4.69, 9.17) is 20.6 Å². The number of nitrogens with one attached hydrogen (secondary N) is 3. The number of carboxylic acids is 1. The molecule has 2 aromatic carbocycles. The zero-order chi connectivity index (χ0) is 40.8. The molecule has 2 aromatic rings. The molecule has 1 fully saturated rings. The topological polar surface area (TPSA) is 288 Å². The Labute approximate surface area is 321 Å². The molecule has 2 amide bonds. The van der Waals surface area contributed by atoms with E-state index in [0.717, 1.165) is 30.3 Å². The van der Waals surface area contributed by atoms with Gasteiger partial charge in [-0.3, -0.25) is 9.59 Å². The maximum Gasteiger partial charge on any atom is 0.407 e. The van der Waals surface area contributed by atoms with Gasteiger partial charge < -0.3 is 61.9 Å². The van der Waals surface area contributed by atoms with Gasteiger partial charge >= 0.3 is 12.1 Å². The summed E-state index contributed by atoms with van der Waals surface area (Å²) >= 11 is 0. The van der Waals surface area contributed by atoms with Crippen LogP contribution in [0, 0.1) is 11.6 Å². The monoisotopic (exact) mass is 792 g/mol. The van der Waals surface area contributed by atoms with Crippen molar-refractivity contribution in [1.29, 1.82) is 0 Å². The highest BCUT2D eigenvalue weighted by molar-refractivity contribution is 6.09. The average Bonchev–Trinajstić information content (AvgIpc) is 3.66. The number of hydrogen-bond acceptors (Lipinski definition) is 15. The van der Waals surface area contributed by atoms with Crippen LogP contribution in [0.5, 0.6) is 5.75 Å². The fraction of sp³-hybridized carbons (Fsp3) is 0.351. The largest absolute Gasteiger partial charge is 0.505 e. The molecule has 0 radical (unpaired) electrons. The minimum atomic E-state index is -2.22. The number of ether oxygens (including phenoxy) is 1. The number of guanidine groups is 2. The fourth-order valence-electron chi connectivity index (χ4n) is 7.64. The van der Waals surface area contributed by atoms with Crippen LogP contribution < -0.4 is 32.8 Å². The Balaban J connectivity index is 0.903. The van der Waals surface area contributed by atoms with Gasteiger partial charge in [0.2, 0.25) is 11.2 Å². The van der Waals surface area contributed by atoms with Crippen molar-refractivity contribution < 1.29 is 52.7 Å². The number of halogens is 2. The Kier molecular flexibility index (Phi) is 10.1. The van der Waals surface area contributed by atoms with Crippen LogP contribution in [0.25, 0.3) is 33.4 Å². The number of nitrogens with two attached hydrogens (primary N) is 2. The summed E-state index contributed by atoms with van der Waals surface area (Å²) in [5.41, 5.74) is 8.97. The third-order valence-electron chi connectivity index (χ3n) is 10.4. The number of aromatic hydroxyl groups is 1. The summed E-state index contributed by atoms with van der Waals surface area (Å²) in [7, 11) is 0. The van der Waals surface area contributed by atoms with E-state index < -0.39 is 64.3 Å². The van der Waals surface area contributed by atoms with E-state index in [9.17, 15) is 48.4 Å². The number of aromatic carboxylic acids is 1. The van der Waals surface area contributed by atoms with Crippen LogP contribution >= 0.6 is 0 Å². The van der Waals surface area contributed by atoms with E-state index in [1.165, 1.54) is 17.0 Å². The highest BCUT2D eigenvalue weighted by Crippen LogP contribution is 2.45. The molecule has 18 nitrogen and oxygen atoms in total. The maximum absolute atomic E-state index is 14.5. The zero-order valence-electron chi connectivity index (χ0n) is 30.1. The molecule has 7 rings (SSSR count). The van der Waals surface area contributed by atoms with Gasteiger partial charge in [-0.1, -0.05) is 18.9 Å². The molecule has 0 saturated carbocycles. The van der Waals surface area contributed by atoms with Crippen LogP contribution in [-0.4, -0.2) is 105 Å². The van der Waals surface area contributed by atoms with Gasteiger partial charge in [0, 0.05) is 60.3 Å². The lowest BCUT2D eigenvalue weighted by Crippen LogP contribution is -2.76. The number of carbonyl (C=O) groups is 3. The number of hydrogen-bond donors (Lipinski definition) is 9. The fourth-order valence-corrected chi connectivity index (χ4v) is 7.64. The molecule has 300 valence electrons. The Bertz CT molecular complexity index is 2390. The van der Waals surface area contributed by atoms with Gasteiger partial charge in [-0.15, -0.1) is 0 Å². The average molecular weight is 793 g/mol. The third-order valence-corrected chi connectivity index (χ3v) is 10.4. The first-order valence-electron chi connectivity index (χ1n) is 17.9. The molecule has 0 bridgehead atoms. The maximum atomic E-state index is 14.5. The summed E-state index contributed by atoms with van der Waals surface area (Å²) in [4.78, 5) is 60.1. The van der Waals surface area contributed by atoms with E-state index in [-0.39, 0.29) is 89.1 Å². The van der Waals surface area contributed by atoms with Crippen molar-refractivity contribution in [3.05, 3.63) is 75.4 Å². The molecule has 1 aliphatic carbocycles. The van der Waals surface area contributed by atoms with Crippen molar-refractivity contribution in [1.82, 2.24) is 20.9 Å². The number of alkyl carbamates (subject to hydrolysis) is 1. The van der Waals surface area contributed by atoms with Gasteiger partial charge in [0.05, 0.1) is 5.56 Å². The second kappa shape index (κ2) is 14.8. The van der Waals surface area contributed by atoms with Crippen LogP contribution in [0.15, 0.2) is 61.7 Å². The normalized spacial score (nSPS) is 20.7. The van der Waals surface area contributed by atoms with E-state index in [2.05, 4.69) is 25.9 Å². The number of amides is 2. The first-order chi connectivity index (χ1) is 27.1. The van der Waals surface area contributed by atoms with E-state index in [0.29, 0.717) is 25.7 Å². The lowest BCUT2D eigenvalue weighted by molar-refractivity contribution is -0.221. The molecular formula is C37H38F2N8O10. The summed E-state index contributed by atoms with van der Waals surface area (Å²) in [5, 5.41) is 49.8. The zero-order valence-corrected chi connectivity index (χ0v) is 30.1. The number of carboxylic acid groups (broad SMARTS) is 1. The van der Waals surface area contributed by atoms with Crippen molar-refractivity contribution in [3.63, 3.8) is 0 Å². The van der Waals surface area contributed by atoms with Crippen LogP contribution in [0.4, 0.5) is 13.6 Å². The minimum Gasteiger partial charge on any atom is -0.505 e. The number of phenolic OH excluding ortho intramolecular Hbond substituents is 1. The molecule has 0 aromatic heterocycles. The molecule has 4 aliphatic heterocycles. The van der Waals surface area contributed by atoms with Crippen molar-refractivity contribution in [2.24, 2.45) is 21.5 Å². The molecular weight excluding hydrogens is 754 g/mol.